The lowest BCUT2D eigenvalue weighted by molar-refractivity contribution is -0.0202. The van der Waals surface area contributed by atoms with Crippen LogP contribution in [0, 0.1) is 0 Å². The van der Waals surface area contributed by atoms with E-state index in [9.17, 15) is 5.11 Å². The predicted molar refractivity (Wildman–Crippen MR) is 70.7 cm³/mol. The van der Waals surface area contributed by atoms with Crippen molar-refractivity contribution in [2.75, 3.05) is 13.7 Å². The maximum Gasteiger partial charge on any atom is 0.137 e. The van der Waals surface area contributed by atoms with Crippen LogP contribution in [-0.4, -0.2) is 29.4 Å². The van der Waals surface area contributed by atoms with Gasteiger partial charge in [-0.25, -0.2) is 0 Å². The predicted octanol–water partition coefficient (Wildman–Crippen LogP) is 2.72. The van der Waals surface area contributed by atoms with Crippen LogP contribution in [0.3, 0.4) is 0 Å². The van der Waals surface area contributed by atoms with Gasteiger partial charge in [0.05, 0.1) is 24.5 Å². The van der Waals surface area contributed by atoms with Crippen molar-refractivity contribution in [1.82, 2.24) is 4.98 Å². The van der Waals surface area contributed by atoms with Gasteiger partial charge < -0.3 is 14.6 Å². The van der Waals surface area contributed by atoms with E-state index in [1.165, 1.54) is 0 Å². The van der Waals surface area contributed by atoms with Gasteiger partial charge in [0.15, 0.2) is 0 Å². The fourth-order valence-electron chi connectivity index (χ4n) is 1.58. The third-order valence-electron chi connectivity index (χ3n) is 2.83. The van der Waals surface area contributed by atoms with E-state index in [0.29, 0.717) is 18.8 Å². The van der Waals surface area contributed by atoms with Crippen molar-refractivity contribution in [2.45, 2.75) is 45.3 Å². The average molecular weight is 253 g/mol. The van der Waals surface area contributed by atoms with Gasteiger partial charge in [-0.1, -0.05) is 6.92 Å². The van der Waals surface area contributed by atoms with Crippen LogP contribution >= 0.6 is 0 Å². The van der Waals surface area contributed by atoms with Gasteiger partial charge in [-0.2, -0.15) is 0 Å². The minimum absolute atomic E-state index is 0.361. The first-order valence-corrected chi connectivity index (χ1v) is 6.29. The molecule has 1 N–H and O–H groups in total. The Kier molecular flexibility index (Phi) is 5.56. The molecule has 0 aliphatic rings. The van der Waals surface area contributed by atoms with E-state index in [2.05, 4.69) is 4.98 Å². The Labute approximate surface area is 109 Å². The number of ether oxygens (including phenoxy) is 2. The van der Waals surface area contributed by atoms with Gasteiger partial charge in [0.2, 0.25) is 0 Å². The van der Waals surface area contributed by atoms with Gasteiger partial charge in [0, 0.05) is 25.3 Å². The van der Waals surface area contributed by atoms with E-state index in [1.54, 1.807) is 19.5 Å². The Bertz CT molecular complexity index is 366. The molecule has 0 bridgehead atoms. The van der Waals surface area contributed by atoms with Crippen molar-refractivity contribution >= 4 is 0 Å². The molecule has 1 aromatic rings. The molecule has 0 aliphatic carbocycles. The summed E-state index contributed by atoms with van der Waals surface area (Å²) in [7, 11) is 1.64. The fourth-order valence-corrected chi connectivity index (χ4v) is 1.58. The van der Waals surface area contributed by atoms with Crippen LogP contribution in [-0.2, 0) is 4.74 Å². The molecule has 1 unspecified atom stereocenters. The number of hydrogen-bond acceptors (Lipinski definition) is 4. The summed E-state index contributed by atoms with van der Waals surface area (Å²) in [6, 6.07) is 1.83. The van der Waals surface area contributed by atoms with Crippen LogP contribution in [0.5, 0.6) is 5.75 Å². The van der Waals surface area contributed by atoms with Crippen molar-refractivity contribution in [3.63, 3.8) is 0 Å². The number of aliphatic hydroxyl groups excluding tert-OH is 1. The van der Waals surface area contributed by atoms with Crippen molar-refractivity contribution in [3.05, 3.63) is 24.0 Å². The van der Waals surface area contributed by atoms with Crippen molar-refractivity contribution < 1.29 is 14.6 Å². The molecule has 1 atom stereocenters. The van der Waals surface area contributed by atoms with Crippen molar-refractivity contribution in [2.24, 2.45) is 0 Å². The van der Waals surface area contributed by atoms with Crippen LogP contribution in [0.25, 0.3) is 0 Å². The summed E-state index contributed by atoms with van der Waals surface area (Å²) in [6.45, 7) is 6.60. The monoisotopic (exact) mass is 253 g/mol. The van der Waals surface area contributed by atoms with Crippen LogP contribution in [0.4, 0.5) is 0 Å². The Morgan fingerprint density at radius 3 is 2.72 bits per heavy atom. The lowest BCUT2D eigenvalue weighted by Crippen LogP contribution is -2.25. The third-order valence-corrected chi connectivity index (χ3v) is 2.83. The van der Waals surface area contributed by atoms with E-state index >= 15 is 0 Å². The lowest BCUT2D eigenvalue weighted by Gasteiger charge is -2.26. The highest BCUT2D eigenvalue weighted by atomic mass is 16.5. The first-order chi connectivity index (χ1) is 8.48. The van der Waals surface area contributed by atoms with Gasteiger partial charge in [0.1, 0.15) is 5.75 Å². The van der Waals surface area contributed by atoms with Gasteiger partial charge in [-0.05, 0) is 26.3 Å². The molecule has 0 spiro atoms. The van der Waals surface area contributed by atoms with Crippen molar-refractivity contribution in [3.8, 4) is 5.75 Å². The SMILES string of the molecule is CCCOc1cncc(C(O)CC(C)(C)OC)c1. The maximum absolute atomic E-state index is 10.2. The number of hydrogen-bond donors (Lipinski definition) is 1. The summed E-state index contributed by atoms with van der Waals surface area (Å²) in [5.74, 6) is 0.698. The van der Waals surface area contributed by atoms with Crippen LogP contribution in [0.1, 0.15) is 45.3 Å². The molecule has 4 heteroatoms. The molecule has 0 radical (unpaired) electrons. The third kappa shape index (κ3) is 4.63. The zero-order valence-corrected chi connectivity index (χ0v) is 11.6. The summed E-state index contributed by atoms with van der Waals surface area (Å²) < 4.78 is 10.8. The minimum Gasteiger partial charge on any atom is -0.492 e. The molecular weight excluding hydrogens is 230 g/mol. The number of methoxy groups -OCH3 is 1. The minimum atomic E-state index is -0.599. The Balaban J connectivity index is 2.70. The average Bonchev–Trinajstić information content (AvgIpc) is 2.36. The Hall–Kier alpha value is -1.13. The topological polar surface area (TPSA) is 51.6 Å². The quantitative estimate of drug-likeness (QED) is 0.811. The van der Waals surface area contributed by atoms with Gasteiger partial charge in [-0.3, -0.25) is 4.98 Å². The van der Waals surface area contributed by atoms with E-state index in [0.717, 1.165) is 12.0 Å². The highest BCUT2D eigenvalue weighted by molar-refractivity contribution is 5.25. The molecule has 0 amide bonds. The van der Waals surface area contributed by atoms with Crippen LogP contribution < -0.4 is 4.74 Å². The molecule has 102 valence electrons. The molecule has 0 saturated heterocycles. The fraction of sp³-hybridized carbons (Fsp3) is 0.643. The Morgan fingerprint density at radius 2 is 2.11 bits per heavy atom. The summed E-state index contributed by atoms with van der Waals surface area (Å²) >= 11 is 0. The number of aromatic nitrogens is 1. The van der Waals surface area contributed by atoms with Crippen molar-refractivity contribution in [1.29, 1.82) is 0 Å². The highest BCUT2D eigenvalue weighted by Gasteiger charge is 2.22. The number of pyridine rings is 1. The smallest absolute Gasteiger partial charge is 0.137 e. The molecule has 1 heterocycles. The highest BCUT2D eigenvalue weighted by Crippen LogP contribution is 2.27. The molecule has 1 aromatic heterocycles. The number of aliphatic hydroxyl groups is 1. The second kappa shape index (κ2) is 6.71. The second-order valence-electron chi connectivity index (χ2n) is 4.99. The summed E-state index contributed by atoms with van der Waals surface area (Å²) in [5.41, 5.74) is 0.397. The lowest BCUT2D eigenvalue weighted by atomic mass is 9.97. The van der Waals surface area contributed by atoms with Crippen LogP contribution in [0.2, 0.25) is 0 Å². The van der Waals surface area contributed by atoms with E-state index in [4.69, 9.17) is 9.47 Å². The number of rotatable bonds is 7. The maximum atomic E-state index is 10.2. The van der Waals surface area contributed by atoms with E-state index in [1.807, 2.05) is 26.8 Å². The molecule has 0 aromatic carbocycles. The van der Waals surface area contributed by atoms with Crippen LogP contribution in [0.15, 0.2) is 18.5 Å². The summed E-state index contributed by atoms with van der Waals surface area (Å²) in [5, 5.41) is 10.2. The molecular formula is C14H23NO3. The molecule has 0 aliphatic heterocycles. The number of nitrogens with zero attached hydrogens (tertiary/aromatic N) is 1. The molecule has 4 nitrogen and oxygen atoms in total. The molecule has 1 rings (SSSR count). The Morgan fingerprint density at radius 1 is 1.39 bits per heavy atom. The molecule has 18 heavy (non-hydrogen) atoms. The zero-order valence-electron chi connectivity index (χ0n) is 11.6. The largest absolute Gasteiger partial charge is 0.492 e. The standard InChI is InChI=1S/C14H23NO3/c1-5-6-18-12-7-11(9-15-10-12)13(16)8-14(2,3)17-4/h7,9-10,13,16H,5-6,8H2,1-4H3. The van der Waals surface area contributed by atoms with Gasteiger partial charge in [-0.15, -0.1) is 0 Å². The first kappa shape index (κ1) is 14.9. The normalized spacial score (nSPS) is 13.4. The van der Waals surface area contributed by atoms with Gasteiger partial charge in [0.25, 0.3) is 0 Å². The van der Waals surface area contributed by atoms with E-state index in [-0.39, 0.29) is 5.60 Å². The first-order valence-electron chi connectivity index (χ1n) is 6.29. The summed E-state index contributed by atoms with van der Waals surface area (Å²) in [4.78, 5) is 4.09. The molecule has 0 fully saturated rings. The summed E-state index contributed by atoms with van der Waals surface area (Å²) in [6.07, 6.45) is 4.19. The second-order valence-corrected chi connectivity index (χ2v) is 4.99. The zero-order chi connectivity index (χ0) is 13.6. The molecule has 0 saturated carbocycles. The van der Waals surface area contributed by atoms with Gasteiger partial charge >= 0.3 is 0 Å². The van der Waals surface area contributed by atoms with E-state index < -0.39 is 6.10 Å².